The van der Waals surface area contributed by atoms with E-state index in [0.29, 0.717) is 5.84 Å². The number of rotatable bonds is 8. The summed E-state index contributed by atoms with van der Waals surface area (Å²) >= 11 is 0. The van der Waals surface area contributed by atoms with Crippen LogP contribution in [0.15, 0.2) is 229 Å². The lowest BCUT2D eigenvalue weighted by Gasteiger charge is -2.42. The normalized spacial score (nSPS) is 14.9. The quantitative estimate of drug-likeness (QED) is 0.165. The van der Waals surface area contributed by atoms with Crippen LogP contribution in [0.2, 0.25) is 0 Å². The average Bonchev–Trinajstić information content (AvgIpc) is 3.36. The number of fused-ring (bicyclic) bond motifs is 2. The predicted octanol–water partition coefficient (Wildman–Crippen LogP) is 11.9. The second-order valence-corrected chi connectivity index (χ2v) is 15.3. The van der Waals surface area contributed by atoms with E-state index >= 15 is 0 Å². The van der Waals surface area contributed by atoms with Crippen molar-refractivity contribution in [1.29, 1.82) is 0 Å². The second kappa shape index (κ2) is 15.7. The van der Waals surface area contributed by atoms with Crippen molar-refractivity contribution < 1.29 is 4.74 Å². The average molecular weight is 799 g/mol. The summed E-state index contributed by atoms with van der Waals surface area (Å²) in [5.41, 5.74) is 12.0. The van der Waals surface area contributed by atoms with E-state index in [1.54, 1.807) is 18.6 Å². The van der Waals surface area contributed by atoms with E-state index in [4.69, 9.17) is 19.7 Å². The van der Waals surface area contributed by atoms with E-state index in [2.05, 4.69) is 149 Å². The van der Waals surface area contributed by atoms with Gasteiger partial charge in [0.25, 0.3) is 0 Å². The maximum absolute atomic E-state index is 6.96. The zero-order valence-corrected chi connectivity index (χ0v) is 33.5. The van der Waals surface area contributed by atoms with Crippen molar-refractivity contribution >= 4 is 11.7 Å². The van der Waals surface area contributed by atoms with Crippen LogP contribution in [0, 0.1) is 0 Å². The second-order valence-electron chi connectivity index (χ2n) is 15.3. The van der Waals surface area contributed by atoms with Crippen molar-refractivity contribution in [3.8, 4) is 45.1 Å². The van der Waals surface area contributed by atoms with Crippen LogP contribution in [0.5, 0.6) is 11.5 Å². The lowest BCUT2D eigenvalue weighted by Crippen LogP contribution is -2.35. The topological polar surface area (TPSA) is 84.7 Å². The molecule has 7 heteroatoms. The molecule has 5 heterocycles. The maximum Gasteiger partial charge on any atom is 0.159 e. The van der Waals surface area contributed by atoms with Crippen molar-refractivity contribution in [2.75, 3.05) is 0 Å². The van der Waals surface area contributed by atoms with E-state index in [9.17, 15) is 0 Å². The molecular weight excluding hydrogens is 761 g/mol. The minimum Gasteiger partial charge on any atom is -0.457 e. The summed E-state index contributed by atoms with van der Waals surface area (Å²) in [7, 11) is 0. The first-order valence-electron chi connectivity index (χ1n) is 20.7. The van der Waals surface area contributed by atoms with E-state index in [-0.39, 0.29) is 6.17 Å². The number of hydrogen-bond acceptors (Lipinski definition) is 7. The molecule has 0 saturated heterocycles. The van der Waals surface area contributed by atoms with Gasteiger partial charge in [-0.1, -0.05) is 127 Å². The van der Waals surface area contributed by atoms with Gasteiger partial charge in [-0.15, -0.1) is 0 Å². The number of nitrogens with one attached hydrogen (secondary N) is 1. The van der Waals surface area contributed by atoms with Gasteiger partial charge in [0.2, 0.25) is 0 Å². The Hall–Kier alpha value is -8.29. The molecule has 2 aliphatic heterocycles. The number of hydrogen-bond donors (Lipinski definition) is 1. The monoisotopic (exact) mass is 798 g/mol. The molecule has 3 aromatic heterocycles. The summed E-state index contributed by atoms with van der Waals surface area (Å²) in [6.45, 7) is 0. The molecule has 62 heavy (non-hydrogen) atoms. The van der Waals surface area contributed by atoms with Crippen molar-refractivity contribution in [2.24, 2.45) is 9.98 Å². The molecule has 0 saturated carbocycles. The summed E-state index contributed by atoms with van der Waals surface area (Å²) in [5, 5.41) is 3.61. The summed E-state index contributed by atoms with van der Waals surface area (Å²) in [6.07, 6.45) is 6.90. The van der Waals surface area contributed by atoms with Gasteiger partial charge in [-0.05, 0) is 94.5 Å². The first-order valence-corrected chi connectivity index (χ1v) is 20.7. The largest absolute Gasteiger partial charge is 0.457 e. The molecule has 0 spiro atoms. The highest BCUT2D eigenvalue weighted by atomic mass is 16.5. The fourth-order valence-corrected chi connectivity index (χ4v) is 8.73. The molecule has 0 aliphatic carbocycles. The number of aliphatic imine (C=N–C) groups is 2. The Morgan fingerprint density at radius 2 is 1.03 bits per heavy atom. The van der Waals surface area contributed by atoms with Gasteiger partial charge in [-0.25, -0.2) is 15.0 Å². The molecule has 1 unspecified atom stereocenters. The van der Waals surface area contributed by atoms with Crippen LogP contribution in [-0.2, 0) is 5.41 Å². The van der Waals surface area contributed by atoms with Crippen molar-refractivity contribution in [2.45, 2.75) is 11.6 Å². The molecule has 6 aromatic carbocycles. The van der Waals surface area contributed by atoms with Gasteiger partial charge in [-0.2, -0.15) is 0 Å². The fourth-order valence-electron chi connectivity index (χ4n) is 8.73. The molecule has 2 aliphatic rings. The molecule has 0 radical (unpaired) electrons. The van der Waals surface area contributed by atoms with E-state index in [1.165, 1.54) is 0 Å². The number of aromatic nitrogens is 3. The van der Waals surface area contributed by atoms with Crippen molar-refractivity contribution in [3.05, 3.63) is 258 Å². The predicted molar refractivity (Wildman–Crippen MR) is 246 cm³/mol. The third kappa shape index (κ3) is 6.62. The molecule has 1 N–H and O–H groups in total. The van der Waals surface area contributed by atoms with Gasteiger partial charge < -0.3 is 10.1 Å². The number of amidine groups is 2. The molecule has 0 amide bonds. The van der Waals surface area contributed by atoms with E-state index in [1.807, 2.05) is 66.9 Å². The third-order valence-electron chi connectivity index (χ3n) is 11.7. The van der Waals surface area contributed by atoms with Gasteiger partial charge in [0, 0.05) is 58.2 Å². The van der Waals surface area contributed by atoms with E-state index < -0.39 is 5.41 Å². The molecule has 0 bridgehead atoms. The number of ether oxygens (including phenoxy) is 1. The highest BCUT2D eigenvalue weighted by Gasteiger charge is 2.46. The molecule has 0 fully saturated rings. The zero-order chi connectivity index (χ0) is 41.3. The number of pyridine rings is 3. The van der Waals surface area contributed by atoms with Crippen molar-refractivity contribution in [1.82, 2.24) is 20.3 Å². The number of benzene rings is 6. The highest BCUT2D eigenvalue weighted by Crippen LogP contribution is 2.56. The molecule has 294 valence electrons. The van der Waals surface area contributed by atoms with E-state index in [0.717, 1.165) is 89.9 Å². The van der Waals surface area contributed by atoms with Gasteiger partial charge in [0.05, 0.1) is 16.8 Å². The Morgan fingerprint density at radius 3 is 1.68 bits per heavy atom. The van der Waals surface area contributed by atoms with Crippen LogP contribution in [0.1, 0.15) is 45.1 Å². The maximum atomic E-state index is 6.96. The van der Waals surface area contributed by atoms with Crippen LogP contribution in [0.4, 0.5) is 0 Å². The zero-order valence-electron chi connectivity index (χ0n) is 33.5. The smallest absolute Gasteiger partial charge is 0.159 e. The first kappa shape index (κ1) is 36.8. The lowest BCUT2D eigenvalue weighted by atomic mass is 9.63. The summed E-state index contributed by atoms with van der Waals surface area (Å²) in [4.78, 5) is 24.3. The molecule has 1 atom stereocenters. The summed E-state index contributed by atoms with van der Waals surface area (Å²) in [6, 6.07) is 67.2. The Balaban J connectivity index is 1.14. The Morgan fingerprint density at radius 1 is 0.452 bits per heavy atom. The Kier molecular flexibility index (Phi) is 9.32. The minimum absolute atomic E-state index is 0.337. The van der Waals surface area contributed by atoms with Gasteiger partial charge >= 0.3 is 0 Å². The third-order valence-corrected chi connectivity index (χ3v) is 11.7. The first-order chi connectivity index (χ1) is 30.7. The van der Waals surface area contributed by atoms with Crippen LogP contribution in [-0.4, -0.2) is 26.6 Å². The van der Waals surface area contributed by atoms with Crippen LogP contribution in [0.3, 0.4) is 0 Å². The Bertz CT molecular complexity index is 3010. The standard InChI is InChI=1S/C55H38N6O/c1-5-14-38(15-6-1)52-59-53(39-16-7-2-8-17-39)61-54(60-52)41-24-26-51-47(33-41)55(44-19-9-3-10-20-44,45-21-11-4-12-22-45)46-32-40(23-25-50(46)62-51)43-34-48(37-27-30-56-31-28-37)58-49(35-43)42-18-13-29-57-36-42/h1-36,52H,(H,59,60,61). The molecule has 11 rings (SSSR count). The highest BCUT2D eigenvalue weighted by molar-refractivity contribution is 6.13. The fraction of sp³-hybridized carbons (Fsp3) is 0.0364. The number of nitrogens with zero attached hydrogens (tertiary/aromatic N) is 5. The minimum atomic E-state index is -0.803. The van der Waals surface area contributed by atoms with Gasteiger partial charge in [0.1, 0.15) is 23.5 Å². The van der Waals surface area contributed by atoms with Gasteiger partial charge in [0.15, 0.2) is 5.84 Å². The lowest BCUT2D eigenvalue weighted by molar-refractivity contribution is 0.434. The Labute approximate surface area is 359 Å². The van der Waals surface area contributed by atoms with Crippen LogP contribution in [0.25, 0.3) is 33.6 Å². The summed E-state index contributed by atoms with van der Waals surface area (Å²) in [5.74, 6) is 2.95. The van der Waals surface area contributed by atoms with Crippen LogP contribution < -0.4 is 10.1 Å². The SMILES string of the molecule is c1ccc(C2=NC(c3ccc4c(c3)C(c3ccccc3)(c3ccccc3)c3cc(-c5cc(-c6ccncc6)nc(-c6cccnc6)c5)ccc3O4)=NC(c3ccccc3)N2)cc1. The van der Waals surface area contributed by atoms with Crippen molar-refractivity contribution in [3.63, 3.8) is 0 Å². The summed E-state index contributed by atoms with van der Waals surface area (Å²) < 4.78 is 6.96. The molecular formula is C55H38N6O. The molecule has 9 aromatic rings. The van der Waals surface area contributed by atoms with Crippen LogP contribution >= 0.6 is 0 Å². The van der Waals surface area contributed by atoms with Gasteiger partial charge in [-0.3, -0.25) is 9.97 Å². The molecule has 7 nitrogen and oxygen atoms in total.